The van der Waals surface area contributed by atoms with Crippen molar-refractivity contribution in [2.24, 2.45) is 0 Å². The van der Waals surface area contributed by atoms with Gasteiger partial charge in [0.05, 0.1) is 0 Å². The van der Waals surface area contributed by atoms with Gasteiger partial charge in [-0.2, -0.15) is 0 Å². The maximum Gasteiger partial charge on any atom is 0.339 e. The first-order valence-electron chi connectivity index (χ1n) is 12.7. The highest BCUT2D eigenvalue weighted by Gasteiger charge is 2.32. The summed E-state index contributed by atoms with van der Waals surface area (Å²) in [5.41, 5.74) is 3.01. The van der Waals surface area contributed by atoms with Crippen molar-refractivity contribution in [2.45, 2.75) is 44.9 Å². The van der Waals surface area contributed by atoms with Crippen molar-refractivity contribution >= 4 is 39.5 Å². The first-order chi connectivity index (χ1) is 18.0. The number of unbranched alkanes of at least 4 members (excludes halogenated alkanes) is 2. The molecule has 2 aliphatic rings. The number of rotatable bonds is 7. The molecule has 6 rings (SSSR count). The zero-order chi connectivity index (χ0) is 25.5. The van der Waals surface area contributed by atoms with Gasteiger partial charge in [-0.15, -0.1) is 0 Å². The van der Waals surface area contributed by atoms with Crippen molar-refractivity contribution in [3.8, 4) is 5.75 Å². The minimum Gasteiger partial charge on any atom is -0.426 e. The summed E-state index contributed by atoms with van der Waals surface area (Å²) in [5, 5.41) is 2.50. The number of hydrogen-bond donors (Lipinski definition) is 0. The fourth-order valence-corrected chi connectivity index (χ4v) is 5.51. The number of aryl methyl sites for hydroxylation is 1. The third-order valence-electron chi connectivity index (χ3n) is 7.30. The minimum absolute atomic E-state index is 0.205. The number of ether oxygens (including phenoxy) is 1. The number of esters is 1. The molecule has 0 bridgehead atoms. The van der Waals surface area contributed by atoms with E-state index in [2.05, 4.69) is 0 Å². The van der Waals surface area contributed by atoms with Gasteiger partial charge in [0, 0.05) is 46.5 Å². The predicted molar refractivity (Wildman–Crippen MR) is 138 cm³/mol. The molecule has 2 heterocycles. The Morgan fingerprint density at radius 1 is 0.865 bits per heavy atom. The molecule has 0 N–H and O–H groups in total. The van der Waals surface area contributed by atoms with Gasteiger partial charge in [0.25, 0.3) is 11.8 Å². The number of hydrogen-bond acceptors (Lipinski definition) is 6. The molecular weight excluding hydrogens is 470 g/mol. The van der Waals surface area contributed by atoms with Crippen LogP contribution in [-0.4, -0.2) is 29.2 Å². The van der Waals surface area contributed by atoms with Crippen molar-refractivity contribution < 1.29 is 23.5 Å². The zero-order valence-corrected chi connectivity index (χ0v) is 20.2. The zero-order valence-electron chi connectivity index (χ0n) is 20.2. The minimum atomic E-state index is -0.381. The van der Waals surface area contributed by atoms with Crippen molar-refractivity contribution in [2.75, 3.05) is 6.54 Å². The summed E-state index contributed by atoms with van der Waals surface area (Å²) in [6.45, 7) is 0.297. The third-order valence-corrected chi connectivity index (χ3v) is 7.30. The van der Waals surface area contributed by atoms with Crippen LogP contribution in [0.3, 0.4) is 0 Å². The molecule has 186 valence electrons. The Hall–Kier alpha value is -4.26. The lowest BCUT2D eigenvalue weighted by molar-refractivity contribution is -0.134. The molecular formula is C30H25NO6. The van der Waals surface area contributed by atoms with Crippen molar-refractivity contribution in [3.63, 3.8) is 0 Å². The average molecular weight is 496 g/mol. The third kappa shape index (κ3) is 4.10. The van der Waals surface area contributed by atoms with Crippen molar-refractivity contribution in [1.82, 2.24) is 4.90 Å². The Balaban J connectivity index is 1.03. The van der Waals surface area contributed by atoms with Gasteiger partial charge in [-0.3, -0.25) is 19.3 Å². The second-order valence-corrected chi connectivity index (χ2v) is 9.61. The van der Waals surface area contributed by atoms with E-state index < -0.39 is 0 Å². The number of carbonyl (C=O) groups is 3. The lowest BCUT2D eigenvalue weighted by Gasteiger charge is -2.27. The summed E-state index contributed by atoms with van der Waals surface area (Å²) in [7, 11) is 0. The summed E-state index contributed by atoms with van der Waals surface area (Å²) >= 11 is 0. The van der Waals surface area contributed by atoms with Crippen LogP contribution < -0.4 is 10.4 Å². The summed E-state index contributed by atoms with van der Waals surface area (Å²) in [5.74, 6) is -0.589. The highest BCUT2D eigenvalue weighted by molar-refractivity contribution is 6.25. The molecule has 0 saturated carbocycles. The summed E-state index contributed by atoms with van der Waals surface area (Å²) in [6.07, 6.45) is 4.57. The maximum atomic E-state index is 13.0. The average Bonchev–Trinajstić information content (AvgIpc) is 3.40. The lowest BCUT2D eigenvalue weighted by Crippen LogP contribution is -2.40. The van der Waals surface area contributed by atoms with Crippen LogP contribution in [0.5, 0.6) is 5.75 Å². The first kappa shape index (κ1) is 23.2. The number of carbonyl (C=O) groups excluding carboxylic acids is 3. The lowest BCUT2D eigenvalue weighted by atomic mass is 9.94. The summed E-state index contributed by atoms with van der Waals surface area (Å²) in [6, 6.07) is 16.1. The molecule has 37 heavy (non-hydrogen) atoms. The normalized spacial score (nSPS) is 14.4. The topological polar surface area (TPSA) is 93.9 Å². The second kappa shape index (κ2) is 9.32. The highest BCUT2D eigenvalue weighted by Crippen LogP contribution is 2.31. The Morgan fingerprint density at radius 2 is 1.59 bits per heavy atom. The number of benzene rings is 3. The SMILES string of the molecule is O=C(CCCCCN1C(=O)c2cccc3cccc(c23)C1=O)Oc1ccc2c3c(c(=O)oc2c1)CCC3. The Bertz CT molecular complexity index is 1600. The molecule has 1 aliphatic carbocycles. The van der Waals surface area contributed by atoms with E-state index in [1.807, 2.05) is 30.3 Å². The van der Waals surface area contributed by atoms with Crippen LogP contribution in [-0.2, 0) is 17.6 Å². The van der Waals surface area contributed by atoms with Gasteiger partial charge in [-0.05, 0) is 67.3 Å². The fraction of sp³-hybridized carbons (Fsp3) is 0.267. The van der Waals surface area contributed by atoms with Crippen LogP contribution in [0.25, 0.3) is 21.7 Å². The van der Waals surface area contributed by atoms with Gasteiger partial charge < -0.3 is 9.15 Å². The number of amides is 2. The van der Waals surface area contributed by atoms with E-state index in [0.717, 1.165) is 46.5 Å². The largest absolute Gasteiger partial charge is 0.426 e. The molecule has 0 radical (unpaired) electrons. The molecule has 0 saturated heterocycles. The molecule has 0 fully saturated rings. The Kier molecular flexibility index (Phi) is 5.83. The predicted octanol–water partition coefficient (Wildman–Crippen LogP) is 5.20. The first-order valence-corrected chi connectivity index (χ1v) is 12.7. The smallest absolute Gasteiger partial charge is 0.339 e. The Morgan fingerprint density at radius 3 is 2.35 bits per heavy atom. The quantitative estimate of drug-likeness (QED) is 0.115. The van der Waals surface area contributed by atoms with Crippen molar-refractivity contribution in [3.05, 3.63) is 87.3 Å². The van der Waals surface area contributed by atoms with Gasteiger partial charge in [-0.1, -0.05) is 30.7 Å². The molecule has 0 spiro atoms. The van der Waals surface area contributed by atoms with E-state index in [1.165, 1.54) is 4.90 Å². The van der Waals surface area contributed by atoms with Crippen LogP contribution >= 0.6 is 0 Å². The number of fused-ring (bicyclic) bond motifs is 3. The molecule has 2 amide bonds. The molecule has 3 aromatic carbocycles. The molecule has 0 unspecified atom stereocenters. The second-order valence-electron chi connectivity index (χ2n) is 9.61. The monoisotopic (exact) mass is 495 g/mol. The van der Waals surface area contributed by atoms with Crippen LogP contribution in [0, 0.1) is 0 Å². The van der Waals surface area contributed by atoms with Crippen LogP contribution in [0.2, 0.25) is 0 Å². The number of nitrogens with zero attached hydrogens (tertiary/aromatic N) is 1. The standard InChI is InChI=1S/C30H25NO6/c32-26(36-19-14-15-21-20-9-6-10-22(20)30(35)37-25(21)17-19)13-2-1-3-16-31-28(33)23-11-4-7-18-8-5-12-24(27(18)23)29(31)34/h4-5,7-8,11-12,14-15,17H,1-3,6,9-10,13,16H2. The number of imide groups is 1. The fourth-order valence-electron chi connectivity index (χ4n) is 5.51. The molecule has 7 nitrogen and oxygen atoms in total. The summed E-state index contributed by atoms with van der Waals surface area (Å²) in [4.78, 5) is 51.8. The van der Waals surface area contributed by atoms with Crippen molar-refractivity contribution in [1.29, 1.82) is 0 Å². The molecule has 1 aromatic heterocycles. The molecule has 7 heteroatoms. The van der Waals surface area contributed by atoms with Gasteiger partial charge in [0.2, 0.25) is 0 Å². The van der Waals surface area contributed by atoms with E-state index in [0.29, 0.717) is 48.3 Å². The van der Waals surface area contributed by atoms with Crippen LogP contribution in [0.1, 0.15) is 63.9 Å². The van der Waals surface area contributed by atoms with Gasteiger partial charge in [0.15, 0.2) is 0 Å². The van der Waals surface area contributed by atoms with E-state index in [1.54, 1.807) is 24.3 Å². The van der Waals surface area contributed by atoms with Gasteiger partial charge in [0.1, 0.15) is 11.3 Å². The highest BCUT2D eigenvalue weighted by atomic mass is 16.5. The molecule has 1 aliphatic heterocycles. The van der Waals surface area contributed by atoms with E-state index in [-0.39, 0.29) is 29.8 Å². The Labute approximate surface area is 212 Å². The molecule has 4 aromatic rings. The maximum absolute atomic E-state index is 13.0. The van der Waals surface area contributed by atoms with Crippen LogP contribution in [0.15, 0.2) is 63.8 Å². The van der Waals surface area contributed by atoms with Gasteiger partial charge in [-0.25, -0.2) is 4.79 Å². The van der Waals surface area contributed by atoms with E-state index in [4.69, 9.17) is 9.15 Å². The molecule has 0 atom stereocenters. The summed E-state index contributed by atoms with van der Waals surface area (Å²) < 4.78 is 10.9. The van der Waals surface area contributed by atoms with Gasteiger partial charge >= 0.3 is 11.6 Å². The van der Waals surface area contributed by atoms with E-state index in [9.17, 15) is 19.2 Å². The van der Waals surface area contributed by atoms with Crippen LogP contribution in [0.4, 0.5) is 0 Å². The van der Waals surface area contributed by atoms with E-state index >= 15 is 0 Å².